The van der Waals surface area contributed by atoms with Gasteiger partial charge in [0.05, 0.1) is 19.3 Å². The van der Waals surface area contributed by atoms with Gasteiger partial charge in [-0.2, -0.15) is 0 Å². The minimum absolute atomic E-state index is 0.0945. The van der Waals surface area contributed by atoms with Crippen LogP contribution in [0.2, 0.25) is 0 Å². The minimum Gasteiger partial charge on any atom is -0.373 e. The van der Waals surface area contributed by atoms with E-state index in [1.807, 2.05) is 37.3 Å². The van der Waals surface area contributed by atoms with Crippen molar-refractivity contribution in [2.24, 2.45) is 0 Å². The Bertz CT molecular complexity index is 424. The predicted molar refractivity (Wildman–Crippen MR) is 83.9 cm³/mol. The highest BCUT2D eigenvalue weighted by Crippen LogP contribution is 2.24. The van der Waals surface area contributed by atoms with Gasteiger partial charge in [0.25, 0.3) is 0 Å². The van der Waals surface area contributed by atoms with Gasteiger partial charge in [-0.25, -0.2) is 0 Å². The average molecular weight is 326 g/mol. The first-order valence-electron chi connectivity index (χ1n) is 7.74. The molecule has 0 saturated carbocycles. The van der Waals surface area contributed by atoms with Gasteiger partial charge in [-0.15, -0.1) is 0 Å². The lowest BCUT2D eigenvalue weighted by molar-refractivity contribution is -0.257. The Balaban J connectivity index is 2.00. The largest absolute Gasteiger partial charge is 0.373 e. The first kappa shape index (κ1) is 18.3. The zero-order valence-electron chi connectivity index (χ0n) is 14.0. The number of benzene rings is 1. The van der Waals surface area contributed by atoms with E-state index in [0.717, 1.165) is 5.56 Å². The van der Waals surface area contributed by atoms with Crippen LogP contribution in [-0.4, -0.2) is 58.8 Å². The highest BCUT2D eigenvalue weighted by Gasteiger charge is 2.41. The molecule has 0 aromatic heterocycles. The van der Waals surface area contributed by atoms with Crippen LogP contribution in [0.5, 0.6) is 0 Å². The first-order chi connectivity index (χ1) is 11.3. The SMILES string of the molecule is COCO[C@H]1[C@@H](OCc2ccccc2)[C@@H](C)OC[C@@H]1OCOC. The Morgan fingerprint density at radius 1 is 0.957 bits per heavy atom. The molecule has 1 fully saturated rings. The summed E-state index contributed by atoms with van der Waals surface area (Å²) in [5, 5.41) is 0. The fourth-order valence-corrected chi connectivity index (χ4v) is 2.56. The van der Waals surface area contributed by atoms with Gasteiger partial charge in [0.15, 0.2) is 0 Å². The van der Waals surface area contributed by atoms with E-state index in [9.17, 15) is 0 Å². The molecule has 0 radical (unpaired) electrons. The predicted octanol–water partition coefficient (Wildman–Crippen LogP) is 1.97. The second kappa shape index (κ2) is 9.97. The normalized spacial score (nSPS) is 28.0. The molecule has 23 heavy (non-hydrogen) atoms. The van der Waals surface area contributed by atoms with E-state index >= 15 is 0 Å². The number of rotatable bonds is 9. The third kappa shape index (κ3) is 5.53. The number of methoxy groups -OCH3 is 2. The summed E-state index contributed by atoms with van der Waals surface area (Å²) in [6, 6.07) is 10.0. The maximum atomic E-state index is 6.07. The molecule has 2 rings (SSSR count). The van der Waals surface area contributed by atoms with Crippen molar-refractivity contribution in [1.29, 1.82) is 0 Å². The van der Waals surface area contributed by atoms with Crippen LogP contribution < -0.4 is 0 Å². The molecule has 0 aliphatic carbocycles. The second-order valence-corrected chi connectivity index (χ2v) is 5.45. The highest BCUT2D eigenvalue weighted by atomic mass is 16.7. The third-order valence-corrected chi connectivity index (χ3v) is 3.74. The third-order valence-electron chi connectivity index (χ3n) is 3.74. The Labute approximate surface area is 137 Å². The Kier molecular flexibility index (Phi) is 7.94. The summed E-state index contributed by atoms with van der Waals surface area (Å²) >= 11 is 0. The molecule has 1 aromatic carbocycles. The molecule has 0 unspecified atom stereocenters. The molecule has 6 heteroatoms. The van der Waals surface area contributed by atoms with Gasteiger partial charge in [-0.3, -0.25) is 0 Å². The fraction of sp³-hybridized carbons (Fsp3) is 0.647. The van der Waals surface area contributed by atoms with Crippen molar-refractivity contribution in [3.8, 4) is 0 Å². The van der Waals surface area contributed by atoms with Gasteiger partial charge >= 0.3 is 0 Å². The summed E-state index contributed by atoms with van der Waals surface area (Å²) in [5.74, 6) is 0. The standard InChI is InChI=1S/C17H26O6/c1-13-16(21-9-14-7-5-4-6-8-14)17(23-12-19-3)15(10-20-13)22-11-18-2/h4-8,13,15-17H,9-12H2,1-3H3/t13-,15+,16+,17-/m1/s1. The minimum atomic E-state index is -0.280. The van der Waals surface area contributed by atoms with E-state index in [1.165, 1.54) is 0 Å². The number of hydrogen-bond donors (Lipinski definition) is 0. The molecule has 0 bridgehead atoms. The van der Waals surface area contributed by atoms with E-state index in [4.69, 9.17) is 28.4 Å². The Hall–Kier alpha value is -1.02. The van der Waals surface area contributed by atoms with Gasteiger partial charge in [0, 0.05) is 14.2 Å². The van der Waals surface area contributed by atoms with Crippen molar-refractivity contribution in [3.63, 3.8) is 0 Å². The Morgan fingerprint density at radius 3 is 2.35 bits per heavy atom. The first-order valence-corrected chi connectivity index (χ1v) is 7.74. The lowest BCUT2D eigenvalue weighted by atomic mass is 10.0. The van der Waals surface area contributed by atoms with Crippen LogP contribution in [0.4, 0.5) is 0 Å². The van der Waals surface area contributed by atoms with Gasteiger partial charge < -0.3 is 28.4 Å². The maximum absolute atomic E-state index is 6.07. The van der Waals surface area contributed by atoms with Crippen LogP contribution in [0.15, 0.2) is 30.3 Å². The van der Waals surface area contributed by atoms with Gasteiger partial charge in [-0.05, 0) is 12.5 Å². The molecule has 6 nitrogen and oxygen atoms in total. The summed E-state index contributed by atoms with van der Waals surface area (Å²) in [6.07, 6.45) is -0.886. The summed E-state index contributed by atoms with van der Waals surface area (Å²) < 4.78 is 33.3. The fourth-order valence-electron chi connectivity index (χ4n) is 2.56. The average Bonchev–Trinajstić information content (AvgIpc) is 2.59. The molecular weight excluding hydrogens is 300 g/mol. The monoisotopic (exact) mass is 326 g/mol. The summed E-state index contributed by atoms with van der Waals surface area (Å²) in [6.45, 7) is 3.26. The molecule has 0 N–H and O–H groups in total. The van der Waals surface area contributed by atoms with E-state index in [1.54, 1.807) is 14.2 Å². The summed E-state index contributed by atoms with van der Waals surface area (Å²) in [4.78, 5) is 0. The summed E-state index contributed by atoms with van der Waals surface area (Å²) in [5.41, 5.74) is 1.10. The molecule has 1 aliphatic rings. The molecular formula is C17H26O6. The van der Waals surface area contributed by atoms with Crippen LogP contribution in [0.3, 0.4) is 0 Å². The molecule has 0 spiro atoms. The lowest BCUT2D eigenvalue weighted by Gasteiger charge is -2.40. The molecule has 0 amide bonds. The van der Waals surface area contributed by atoms with E-state index in [0.29, 0.717) is 13.2 Å². The molecule has 1 heterocycles. The van der Waals surface area contributed by atoms with Crippen molar-refractivity contribution >= 4 is 0 Å². The van der Waals surface area contributed by atoms with E-state index in [-0.39, 0.29) is 38.0 Å². The van der Waals surface area contributed by atoms with Crippen LogP contribution in [0.1, 0.15) is 12.5 Å². The molecule has 4 atom stereocenters. The van der Waals surface area contributed by atoms with E-state index < -0.39 is 0 Å². The van der Waals surface area contributed by atoms with Gasteiger partial charge in [-0.1, -0.05) is 30.3 Å². The quantitative estimate of drug-likeness (QED) is 0.647. The van der Waals surface area contributed by atoms with Crippen LogP contribution in [0.25, 0.3) is 0 Å². The van der Waals surface area contributed by atoms with Crippen LogP contribution in [0, 0.1) is 0 Å². The zero-order valence-corrected chi connectivity index (χ0v) is 14.0. The van der Waals surface area contributed by atoms with Crippen molar-refractivity contribution in [2.75, 3.05) is 34.4 Å². The van der Waals surface area contributed by atoms with E-state index in [2.05, 4.69) is 0 Å². The number of hydrogen-bond acceptors (Lipinski definition) is 6. The molecule has 1 aromatic rings. The molecule has 1 aliphatic heterocycles. The smallest absolute Gasteiger partial charge is 0.146 e. The zero-order chi connectivity index (χ0) is 16.5. The topological polar surface area (TPSA) is 55.4 Å². The van der Waals surface area contributed by atoms with Crippen molar-refractivity contribution in [1.82, 2.24) is 0 Å². The molecule has 130 valence electrons. The Morgan fingerprint density at radius 2 is 1.65 bits per heavy atom. The van der Waals surface area contributed by atoms with Crippen molar-refractivity contribution in [3.05, 3.63) is 35.9 Å². The van der Waals surface area contributed by atoms with Crippen molar-refractivity contribution in [2.45, 2.75) is 37.9 Å². The maximum Gasteiger partial charge on any atom is 0.146 e. The van der Waals surface area contributed by atoms with Gasteiger partial charge in [0.2, 0.25) is 0 Å². The lowest BCUT2D eigenvalue weighted by Crippen LogP contribution is -2.55. The molecule has 1 saturated heterocycles. The van der Waals surface area contributed by atoms with Crippen LogP contribution >= 0.6 is 0 Å². The van der Waals surface area contributed by atoms with Crippen LogP contribution in [-0.2, 0) is 35.0 Å². The second-order valence-electron chi connectivity index (χ2n) is 5.45. The van der Waals surface area contributed by atoms with Crippen molar-refractivity contribution < 1.29 is 28.4 Å². The number of ether oxygens (including phenoxy) is 6. The van der Waals surface area contributed by atoms with Gasteiger partial charge in [0.1, 0.15) is 31.9 Å². The highest BCUT2D eigenvalue weighted by molar-refractivity contribution is 5.13. The summed E-state index contributed by atoms with van der Waals surface area (Å²) in [7, 11) is 3.17.